The minimum atomic E-state index is -0.365. The van der Waals surface area contributed by atoms with Crippen LogP contribution in [0.5, 0.6) is 11.5 Å². The summed E-state index contributed by atoms with van der Waals surface area (Å²) in [4.78, 5) is 39.2. The molecular weight excluding hydrogens is 607 g/mol. The third kappa shape index (κ3) is 7.63. The van der Waals surface area contributed by atoms with Gasteiger partial charge >= 0.3 is 0 Å². The van der Waals surface area contributed by atoms with Crippen LogP contribution in [0, 0.1) is 5.92 Å². The minimum absolute atomic E-state index is 0.181. The summed E-state index contributed by atoms with van der Waals surface area (Å²) < 4.78 is 18.2. The summed E-state index contributed by atoms with van der Waals surface area (Å²) in [6, 6.07) is 3.25. The van der Waals surface area contributed by atoms with Crippen molar-refractivity contribution in [2.45, 2.75) is 26.3 Å². The number of carbonyl (C=O) groups excluding carboxylic acids is 1. The molecule has 1 aromatic carbocycles. The van der Waals surface area contributed by atoms with Crippen molar-refractivity contribution in [1.29, 1.82) is 0 Å². The van der Waals surface area contributed by atoms with E-state index in [0.29, 0.717) is 40.9 Å². The maximum atomic E-state index is 14.1. The molecule has 238 valence electrons. The second kappa shape index (κ2) is 15.6. The number of likely N-dealkylation sites (N-methyl/N-ethyl adjacent to an activating group) is 1. The van der Waals surface area contributed by atoms with E-state index in [1.807, 2.05) is 0 Å². The first-order valence-corrected chi connectivity index (χ1v) is 15.4. The number of benzene rings is 1. The van der Waals surface area contributed by atoms with Gasteiger partial charge in [-0.25, -0.2) is 4.98 Å². The number of fused-ring (bicyclic) bond motifs is 1. The number of carbonyl (C=O) groups is 1. The molecule has 1 N–H and O–H groups in total. The van der Waals surface area contributed by atoms with Crippen LogP contribution < -0.4 is 20.3 Å². The van der Waals surface area contributed by atoms with Crippen molar-refractivity contribution < 1.29 is 19.0 Å². The summed E-state index contributed by atoms with van der Waals surface area (Å²) in [6.45, 7) is 10.7. The van der Waals surface area contributed by atoms with Crippen LogP contribution in [-0.4, -0.2) is 97.4 Å². The van der Waals surface area contributed by atoms with E-state index in [0.717, 1.165) is 39.0 Å². The number of likely N-dealkylation sites (tertiary alicyclic amines) is 1. The van der Waals surface area contributed by atoms with Crippen LogP contribution in [0.15, 0.2) is 35.8 Å². The molecule has 3 aromatic rings. The molecule has 0 aliphatic carbocycles. The fourth-order valence-corrected chi connectivity index (χ4v) is 5.92. The number of ether oxygens (including phenoxy) is 3. The highest BCUT2D eigenvalue weighted by molar-refractivity contribution is 6.41. The van der Waals surface area contributed by atoms with Crippen LogP contribution in [0.2, 0.25) is 10.0 Å². The van der Waals surface area contributed by atoms with Gasteiger partial charge in [-0.3, -0.25) is 14.2 Å². The highest BCUT2D eigenvalue weighted by atomic mass is 35.5. The monoisotopic (exact) mass is 646 g/mol. The van der Waals surface area contributed by atoms with Crippen molar-refractivity contribution in [3.8, 4) is 22.6 Å². The average molecular weight is 648 g/mol. The quantitative estimate of drug-likeness (QED) is 0.199. The normalized spacial score (nSPS) is 14.0. The molecule has 0 spiro atoms. The smallest absolute Gasteiger partial charge is 0.260 e. The molecule has 4 rings (SSSR count). The number of halogens is 2. The van der Waals surface area contributed by atoms with Gasteiger partial charge in [0.15, 0.2) is 0 Å². The van der Waals surface area contributed by atoms with E-state index in [4.69, 9.17) is 42.4 Å². The third-order valence-electron chi connectivity index (χ3n) is 7.95. The highest BCUT2D eigenvalue weighted by Gasteiger charge is 2.24. The van der Waals surface area contributed by atoms with Crippen LogP contribution >= 0.6 is 23.2 Å². The molecule has 0 bridgehead atoms. The Balaban J connectivity index is 1.67. The number of hydrogen-bond acceptors (Lipinski definition) is 9. The van der Waals surface area contributed by atoms with Crippen LogP contribution in [-0.2, 0) is 16.1 Å². The zero-order valence-electron chi connectivity index (χ0n) is 25.7. The lowest BCUT2D eigenvalue weighted by molar-refractivity contribution is -0.125. The summed E-state index contributed by atoms with van der Waals surface area (Å²) >= 11 is 13.4. The molecule has 0 saturated carbocycles. The van der Waals surface area contributed by atoms with Crippen LogP contribution in [0.3, 0.4) is 0 Å². The van der Waals surface area contributed by atoms with E-state index >= 15 is 0 Å². The van der Waals surface area contributed by atoms with E-state index in [-0.39, 0.29) is 52.4 Å². The van der Waals surface area contributed by atoms with Crippen molar-refractivity contribution in [1.82, 2.24) is 24.3 Å². The van der Waals surface area contributed by atoms with Crippen LogP contribution in [0.25, 0.3) is 22.2 Å². The van der Waals surface area contributed by atoms with Gasteiger partial charge in [-0.1, -0.05) is 36.7 Å². The Hall–Kier alpha value is -3.38. The highest BCUT2D eigenvalue weighted by Crippen LogP contribution is 2.45. The molecule has 1 aliphatic heterocycles. The fraction of sp³-hybridized carbons (Fsp3) is 0.484. The van der Waals surface area contributed by atoms with Gasteiger partial charge < -0.3 is 29.3 Å². The maximum absolute atomic E-state index is 14.1. The van der Waals surface area contributed by atoms with Gasteiger partial charge in [0, 0.05) is 43.4 Å². The first-order valence-electron chi connectivity index (χ1n) is 14.6. The number of anilines is 1. The van der Waals surface area contributed by atoms with Gasteiger partial charge in [0.2, 0.25) is 11.9 Å². The molecule has 2 aromatic heterocycles. The Kier molecular flexibility index (Phi) is 11.9. The summed E-state index contributed by atoms with van der Waals surface area (Å²) in [5.74, 6) is 1.40. The molecule has 3 heterocycles. The van der Waals surface area contributed by atoms with Gasteiger partial charge in [-0.15, -0.1) is 0 Å². The second-order valence-corrected chi connectivity index (χ2v) is 11.4. The van der Waals surface area contributed by atoms with Crippen molar-refractivity contribution >= 4 is 46.1 Å². The standard InChI is InChI=1S/C31H40Cl2N6O5/c1-6-25(40)37(3)12-14-44-15-13-39-29-21(19-35-31(36-29)34-18-20-8-10-38(7-2)11-9-20)16-22(30(39)41)26-27(32)23(42-4)17-24(43-5)28(26)33/h6,16-17,19-20H,1,7-15,18H2,2-5H3,(H,34,35,36). The SMILES string of the molecule is C=CC(=O)N(C)CCOCCn1c(=O)c(-c2c(Cl)c(OC)cc(OC)c2Cl)cc2cnc(NCC3CCN(CC)CC3)nc21. The molecule has 1 saturated heterocycles. The van der Waals surface area contributed by atoms with E-state index in [2.05, 4.69) is 28.7 Å². The number of piperidine rings is 1. The maximum Gasteiger partial charge on any atom is 0.260 e. The average Bonchev–Trinajstić information content (AvgIpc) is 3.04. The number of amides is 1. The lowest BCUT2D eigenvalue weighted by Crippen LogP contribution is -2.35. The minimum Gasteiger partial charge on any atom is -0.495 e. The predicted octanol–water partition coefficient (Wildman–Crippen LogP) is 4.59. The third-order valence-corrected chi connectivity index (χ3v) is 8.70. The van der Waals surface area contributed by atoms with Crippen molar-refractivity contribution in [2.75, 3.05) is 72.5 Å². The molecule has 0 unspecified atom stereocenters. The largest absolute Gasteiger partial charge is 0.495 e. The number of methoxy groups -OCH3 is 2. The number of pyridine rings is 1. The lowest BCUT2D eigenvalue weighted by atomic mass is 9.97. The van der Waals surface area contributed by atoms with E-state index < -0.39 is 0 Å². The van der Waals surface area contributed by atoms with Crippen LogP contribution in [0.4, 0.5) is 5.95 Å². The molecule has 44 heavy (non-hydrogen) atoms. The van der Waals surface area contributed by atoms with E-state index in [1.54, 1.807) is 25.4 Å². The van der Waals surface area contributed by atoms with Crippen molar-refractivity contribution in [3.05, 3.63) is 51.4 Å². The molecule has 1 aliphatic rings. The topological polar surface area (TPSA) is 111 Å². The fourth-order valence-electron chi connectivity index (χ4n) is 5.22. The molecule has 13 heteroatoms. The van der Waals surface area contributed by atoms with Gasteiger partial charge in [-0.2, -0.15) is 4.98 Å². The number of rotatable bonds is 14. The summed E-state index contributed by atoms with van der Waals surface area (Å²) in [6.07, 6.45) is 5.15. The number of hydrogen-bond donors (Lipinski definition) is 1. The Morgan fingerprint density at radius 3 is 2.45 bits per heavy atom. The zero-order chi connectivity index (χ0) is 31.8. The predicted molar refractivity (Wildman–Crippen MR) is 174 cm³/mol. The first-order chi connectivity index (χ1) is 21.2. The molecule has 0 radical (unpaired) electrons. The molecule has 0 atom stereocenters. The van der Waals surface area contributed by atoms with Gasteiger partial charge in [0.1, 0.15) is 17.1 Å². The van der Waals surface area contributed by atoms with Gasteiger partial charge in [0.25, 0.3) is 5.56 Å². The Morgan fingerprint density at radius 2 is 1.84 bits per heavy atom. The summed E-state index contributed by atoms with van der Waals surface area (Å²) in [5.41, 5.74) is 0.613. The number of nitrogens with one attached hydrogen (secondary N) is 1. The lowest BCUT2D eigenvalue weighted by Gasteiger charge is -2.31. The number of nitrogens with zero attached hydrogens (tertiary/aromatic N) is 5. The van der Waals surface area contributed by atoms with E-state index in [1.165, 1.54) is 29.8 Å². The molecular formula is C31H40Cl2N6O5. The van der Waals surface area contributed by atoms with Crippen molar-refractivity contribution in [3.63, 3.8) is 0 Å². The second-order valence-electron chi connectivity index (χ2n) is 10.6. The Morgan fingerprint density at radius 1 is 1.16 bits per heavy atom. The van der Waals surface area contributed by atoms with Gasteiger partial charge in [-0.05, 0) is 50.5 Å². The summed E-state index contributed by atoms with van der Waals surface area (Å²) in [7, 11) is 4.62. The van der Waals surface area contributed by atoms with Crippen LogP contribution in [0.1, 0.15) is 19.8 Å². The number of aromatic nitrogens is 3. The Bertz CT molecular complexity index is 1510. The van der Waals surface area contributed by atoms with Gasteiger partial charge in [0.05, 0.1) is 49.6 Å². The molecule has 1 fully saturated rings. The zero-order valence-corrected chi connectivity index (χ0v) is 27.2. The summed E-state index contributed by atoms with van der Waals surface area (Å²) in [5, 5.41) is 4.36. The first kappa shape index (κ1) is 33.5. The van der Waals surface area contributed by atoms with E-state index in [9.17, 15) is 9.59 Å². The van der Waals surface area contributed by atoms with Crippen molar-refractivity contribution in [2.24, 2.45) is 5.92 Å². The molecule has 1 amide bonds. The Labute approximate surface area is 267 Å². The molecule has 11 nitrogen and oxygen atoms in total.